The minimum atomic E-state index is -1.19. The number of amides is 2. The van der Waals surface area contributed by atoms with Gasteiger partial charge in [-0.25, -0.2) is 4.99 Å². The van der Waals surface area contributed by atoms with Crippen molar-refractivity contribution in [1.82, 2.24) is 5.32 Å². The Morgan fingerprint density at radius 1 is 1.50 bits per heavy atom. The van der Waals surface area contributed by atoms with Gasteiger partial charge in [-0.05, 0) is 19.3 Å². The Bertz CT molecular complexity index is 330. The molecule has 5 nitrogen and oxygen atoms in total. The molecule has 0 spiro atoms. The molecule has 1 aliphatic rings. The van der Waals surface area contributed by atoms with Gasteiger partial charge in [0.1, 0.15) is 5.41 Å². The van der Waals surface area contributed by atoms with Crippen molar-refractivity contribution in [3.05, 3.63) is 0 Å². The van der Waals surface area contributed by atoms with E-state index < -0.39 is 23.3 Å². The Morgan fingerprint density at radius 3 is 2.50 bits per heavy atom. The number of rotatable bonds is 3. The molecule has 0 aromatic heterocycles. The Morgan fingerprint density at radius 2 is 2.06 bits per heavy atom. The summed E-state index contributed by atoms with van der Waals surface area (Å²) in [4.78, 5) is 26.5. The molecule has 2 atom stereocenters. The van der Waals surface area contributed by atoms with Gasteiger partial charge in [-0.2, -0.15) is 0 Å². The summed E-state index contributed by atoms with van der Waals surface area (Å²) in [6.07, 6.45) is 1.63. The number of aliphatic imine (C=N–C) groups is 1. The fraction of sp³-hybridized carbons (Fsp3) is 0.700. The number of amidine groups is 1. The molecular weight excluding hydrogens is 219 g/mol. The van der Waals surface area contributed by atoms with Crippen molar-refractivity contribution in [3.8, 4) is 0 Å². The summed E-state index contributed by atoms with van der Waals surface area (Å²) < 4.78 is 0. The van der Waals surface area contributed by atoms with Crippen LogP contribution in [0.15, 0.2) is 4.99 Å². The van der Waals surface area contributed by atoms with E-state index in [4.69, 9.17) is 0 Å². The molecule has 0 bridgehead atoms. The maximum atomic E-state index is 11.6. The first kappa shape index (κ1) is 15.6. The average Bonchev–Trinajstić information content (AvgIpc) is 2.14. The maximum Gasteiger partial charge on any atom is 1.00 e. The first-order valence-corrected chi connectivity index (χ1v) is 5.04. The van der Waals surface area contributed by atoms with E-state index in [0.717, 1.165) is 12.8 Å². The summed E-state index contributed by atoms with van der Waals surface area (Å²) in [6.45, 7) is 5.35. The molecule has 0 radical (unpaired) electrons. The van der Waals surface area contributed by atoms with E-state index >= 15 is 0 Å². The number of hydrogen-bond acceptors (Lipinski definition) is 3. The van der Waals surface area contributed by atoms with Gasteiger partial charge in [0.05, 0.1) is 6.02 Å². The standard InChI is InChI=1S/C10H16N2O3.Na/c1-4-5-6(2)10(3)7(13)11-9(15)12-8(10)14;/h6H,4-5H2,1-3H3,(H2,11,12,13,14,15);/q;+1/p-1. The zero-order valence-corrected chi connectivity index (χ0v) is 12.2. The SMILES string of the molecule is CCCC(C)C1(C)C(=O)N=C([O-])NC1=O.[Na+]. The molecule has 0 fully saturated rings. The average molecular weight is 234 g/mol. The first-order chi connectivity index (χ1) is 6.92. The molecule has 0 saturated heterocycles. The van der Waals surface area contributed by atoms with E-state index in [1.54, 1.807) is 6.92 Å². The summed E-state index contributed by atoms with van der Waals surface area (Å²) >= 11 is 0. The van der Waals surface area contributed by atoms with Crippen LogP contribution in [-0.4, -0.2) is 17.8 Å². The predicted molar refractivity (Wildman–Crippen MR) is 52.8 cm³/mol. The van der Waals surface area contributed by atoms with Crippen molar-refractivity contribution in [3.63, 3.8) is 0 Å². The number of hydrogen-bond donors (Lipinski definition) is 1. The van der Waals surface area contributed by atoms with E-state index in [1.807, 2.05) is 13.8 Å². The van der Waals surface area contributed by atoms with E-state index in [1.165, 1.54) is 0 Å². The number of carbonyl (C=O) groups excluding carboxylic acids is 2. The Labute approximate surface area is 117 Å². The van der Waals surface area contributed by atoms with Crippen LogP contribution in [0.4, 0.5) is 0 Å². The number of nitrogens with one attached hydrogen (secondary N) is 1. The molecule has 2 unspecified atom stereocenters. The third-order valence-electron chi connectivity index (χ3n) is 3.05. The van der Waals surface area contributed by atoms with Gasteiger partial charge in [-0.3, -0.25) is 9.59 Å². The van der Waals surface area contributed by atoms with Crippen LogP contribution in [0.3, 0.4) is 0 Å². The molecular formula is C10H15N2NaO3. The molecule has 0 aliphatic carbocycles. The van der Waals surface area contributed by atoms with Crippen molar-refractivity contribution < 1.29 is 44.3 Å². The molecule has 2 amide bonds. The summed E-state index contributed by atoms with van der Waals surface area (Å²) in [5.74, 6) is -1.28. The zero-order valence-electron chi connectivity index (χ0n) is 10.2. The van der Waals surface area contributed by atoms with Crippen LogP contribution in [0.5, 0.6) is 0 Å². The van der Waals surface area contributed by atoms with Gasteiger partial charge >= 0.3 is 29.6 Å². The van der Waals surface area contributed by atoms with Crippen molar-refractivity contribution in [2.45, 2.75) is 33.6 Å². The fourth-order valence-corrected chi connectivity index (χ4v) is 1.72. The van der Waals surface area contributed by atoms with Crippen LogP contribution in [-0.2, 0) is 9.59 Å². The van der Waals surface area contributed by atoms with Crippen LogP contribution < -0.4 is 40.0 Å². The Balaban J connectivity index is 0.00000225. The minimum Gasteiger partial charge on any atom is -0.846 e. The number of nitrogens with zero attached hydrogens (tertiary/aromatic N) is 1. The van der Waals surface area contributed by atoms with E-state index in [2.05, 4.69) is 10.3 Å². The van der Waals surface area contributed by atoms with Crippen LogP contribution in [0.25, 0.3) is 0 Å². The normalized spacial score (nSPS) is 26.6. The summed E-state index contributed by atoms with van der Waals surface area (Å²) in [5.41, 5.74) is -1.19. The third-order valence-corrected chi connectivity index (χ3v) is 3.05. The van der Waals surface area contributed by atoms with Gasteiger partial charge in [0, 0.05) is 0 Å². The molecule has 0 aromatic carbocycles. The van der Waals surface area contributed by atoms with Crippen molar-refractivity contribution in [2.75, 3.05) is 0 Å². The van der Waals surface area contributed by atoms with Gasteiger partial charge in [0.25, 0.3) is 5.91 Å². The fourth-order valence-electron chi connectivity index (χ4n) is 1.72. The molecule has 1 N–H and O–H groups in total. The van der Waals surface area contributed by atoms with Crippen LogP contribution in [0.1, 0.15) is 33.6 Å². The second kappa shape index (κ2) is 5.80. The largest absolute Gasteiger partial charge is 1.00 e. The molecule has 1 heterocycles. The van der Waals surface area contributed by atoms with Crippen molar-refractivity contribution in [1.29, 1.82) is 0 Å². The van der Waals surface area contributed by atoms with Gasteiger partial charge in [-0.15, -0.1) is 0 Å². The molecule has 0 saturated carbocycles. The van der Waals surface area contributed by atoms with E-state index in [9.17, 15) is 14.7 Å². The van der Waals surface area contributed by atoms with Crippen LogP contribution in [0.2, 0.25) is 0 Å². The van der Waals surface area contributed by atoms with Crippen LogP contribution >= 0.6 is 0 Å². The second-order valence-corrected chi connectivity index (χ2v) is 4.07. The van der Waals surface area contributed by atoms with Gasteiger partial charge < -0.3 is 10.4 Å². The van der Waals surface area contributed by atoms with Gasteiger partial charge in [0.15, 0.2) is 0 Å². The van der Waals surface area contributed by atoms with Crippen molar-refractivity contribution >= 4 is 17.8 Å². The van der Waals surface area contributed by atoms with E-state index in [-0.39, 0.29) is 35.5 Å². The van der Waals surface area contributed by atoms with Gasteiger partial charge in [-0.1, -0.05) is 20.3 Å². The summed E-state index contributed by atoms with van der Waals surface area (Å²) in [6, 6.07) is -0.855. The zero-order chi connectivity index (χ0) is 11.6. The Hall–Kier alpha value is -0.390. The Kier molecular flexibility index (Phi) is 5.65. The molecule has 1 aliphatic heterocycles. The molecule has 84 valence electrons. The van der Waals surface area contributed by atoms with E-state index in [0.29, 0.717) is 0 Å². The number of carbonyl (C=O) groups is 2. The molecule has 16 heavy (non-hydrogen) atoms. The van der Waals surface area contributed by atoms with Crippen LogP contribution in [0, 0.1) is 11.3 Å². The second-order valence-electron chi connectivity index (χ2n) is 4.07. The minimum absolute atomic E-state index is 0. The molecule has 1 rings (SSSR count). The third kappa shape index (κ3) is 2.64. The topological polar surface area (TPSA) is 81.6 Å². The van der Waals surface area contributed by atoms with Crippen molar-refractivity contribution in [2.24, 2.45) is 16.3 Å². The summed E-state index contributed by atoms with van der Waals surface area (Å²) in [7, 11) is 0. The predicted octanol–water partition coefficient (Wildman–Crippen LogP) is -3.19. The monoisotopic (exact) mass is 234 g/mol. The quantitative estimate of drug-likeness (QED) is 0.412. The first-order valence-electron chi connectivity index (χ1n) is 5.04. The smallest absolute Gasteiger partial charge is 0.846 e. The molecule has 0 aromatic rings. The maximum absolute atomic E-state index is 11.6. The molecule has 6 heteroatoms. The van der Waals surface area contributed by atoms with Gasteiger partial charge in [0.2, 0.25) is 5.91 Å². The summed E-state index contributed by atoms with van der Waals surface area (Å²) in [5, 5.41) is 12.9.